The first-order valence-corrected chi connectivity index (χ1v) is 3.45. The molecule has 2 N–H and O–H groups in total. The van der Waals surface area contributed by atoms with Crippen LogP contribution in [0.5, 0.6) is 0 Å². The van der Waals surface area contributed by atoms with E-state index in [1.54, 1.807) is 0 Å². The Kier molecular flexibility index (Phi) is 2.06. The van der Waals surface area contributed by atoms with E-state index in [4.69, 9.17) is 5.73 Å². The van der Waals surface area contributed by atoms with Gasteiger partial charge in [0.05, 0.1) is 0 Å². The highest BCUT2D eigenvalue weighted by atomic mass is 14.5. The van der Waals surface area contributed by atoms with Crippen molar-refractivity contribution in [1.82, 2.24) is 0 Å². The van der Waals surface area contributed by atoms with E-state index in [1.165, 1.54) is 17.6 Å². The van der Waals surface area contributed by atoms with Crippen LogP contribution in [0.2, 0.25) is 0 Å². The summed E-state index contributed by atoms with van der Waals surface area (Å²) in [5, 5.41) is 0. The molecule has 0 spiro atoms. The van der Waals surface area contributed by atoms with E-state index in [1.807, 2.05) is 0 Å². The molecule has 0 bridgehead atoms. The molecule has 1 aliphatic rings. The molecule has 0 saturated carbocycles. The molecule has 0 heterocycles. The Bertz CT molecular complexity index is 154. The zero-order valence-corrected chi connectivity index (χ0v) is 5.85. The molecule has 0 aromatic carbocycles. The van der Waals surface area contributed by atoms with E-state index < -0.39 is 0 Å². The van der Waals surface area contributed by atoms with E-state index in [0.29, 0.717) is 6.54 Å². The third-order valence-corrected chi connectivity index (χ3v) is 1.71. The smallest absolute Gasteiger partial charge is 0.0175 e. The van der Waals surface area contributed by atoms with E-state index in [-0.39, 0.29) is 0 Å². The zero-order chi connectivity index (χ0) is 6.69. The minimum absolute atomic E-state index is 0.698. The van der Waals surface area contributed by atoms with Crippen LogP contribution in [-0.2, 0) is 0 Å². The highest BCUT2D eigenvalue weighted by molar-refractivity contribution is 5.32. The lowest BCUT2D eigenvalue weighted by Crippen LogP contribution is -1.98. The molecule has 9 heavy (non-hydrogen) atoms. The Labute approximate surface area is 56.2 Å². The molecule has 0 aliphatic heterocycles. The minimum Gasteiger partial charge on any atom is -0.327 e. The molecule has 0 amide bonds. The lowest BCUT2D eigenvalue weighted by atomic mass is 10.2. The van der Waals surface area contributed by atoms with Crippen molar-refractivity contribution in [3.05, 3.63) is 23.3 Å². The highest BCUT2D eigenvalue weighted by Crippen LogP contribution is 2.18. The number of hydrogen-bond acceptors (Lipinski definition) is 1. The third-order valence-electron chi connectivity index (χ3n) is 1.71. The molecule has 1 nitrogen and oxygen atoms in total. The summed E-state index contributed by atoms with van der Waals surface area (Å²) < 4.78 is 0. The van der Waals surface area contributed by atoms with E-state index in [9.17, 15) is 0 Å². The van der Waals surface area contributed by atoms with Gasteiger partial charge in [-0.3, -0.25) is 0 Å². The second-order valence-electron chi connectivity index (χ2n) is 2.34. The maximum absolute atomic E-state index is 5.44. The molecule has 0 saturated heterocycles. The van der Waals surface area contributed by atoms with Gasteiger partial charge < -0.3 is 5.73 Å². The summed E-state index contributed by atoms with van der Waals surface area (Å²) in [4.78, 5) is 0. The molecule has 1 aliphatic carbocycles. The summed E-state index contributed by atoms with van der Waals surface area (Å²) in [6, 6.07) is 0. The molecule has 50 valence electrons. The summed E-state index contributed by atoms with van der Waals surface area (Å²) in [5.41, 5.74) is 8.25. The van der Waals surface area contributed by atoms with Gasteiger partial charge in [0.2, 0.25) is 0 Å². The first-order chi connectivity index (χ1) is 4.36. The van der Waals surface area contributed by atoms with Crippen LogP contribution in [0, 0.1) is 0 Å². The van der Waals surface area contributed by atoms with Gasteiger partial charge in [0.25, 0.3) is 0 Å². The number of allylic oxidation sites excluding steroid dienone is 2. The Morgan fingerprint density at radius 2 is 2.44 bits per heavy atom. The fourth-order valence-corrected chi connectivity index (χ4v) is 1.03. The van der Waals surface area contributed by atoms with Gasteiger partial charge in [-0.25, -0.2) is 0 Å². The van der Waals surface area contributed by atoms with Crippen LogP contribution in [0.3, 0.4) is 0 Å². The predicted molar refractivity (Wildman–Crippen MR) is 40.1 cm³/mol. The average molecular weight is 123 g/mol. The van der Waals surface area contributed by atoms with Crippen molar-refractivity contribution in [1.29, 1.82) is 0 Å². The lowest BCUT2D eigenvalue weighted by Gasteiger charge is -1.90. The predicted octanol–water partition coefficient (Wildman–Crippen LogP) is 1.61. The van der Waals surface area contributed by atoms with Crippen LogP contribution in [0.25, 0.3) is 0 Å². The minimum atomic E-state index is 0.698. The van der Waals surface area contributed by atoms with E-state index in [0.717, 1.165) is 6.42 Å². The Morgan fingerprint density at radius 3 is 2.78 bits per heavy atom. The molecule has 0 aromatic rings. The van der Waals surface area contributed by atoms with E-state index >= 15 is 0 Å². The van der Waals surface area contributed by atoms with Gasteiger partial charge >= 0.3 is 0 Å². The number of rotatable bonds is 2. The van der Waals surface area contributed by atoms with Gasteiger partial charge in [0.15, 0.2) is 0 Å². The van der Waals surface area contributed by atoms with Crippen LogP contribution in [-0.4, -0.2) is 6.54 Å². The van der Waals surface area contributed by atoms with Crippen LogP contribution in [0.4, 0.5) is 0 Å². The first-order valence-electron chi connectivity index (χ1n) is 3.45. The molecule has 0 fully saturated rings. The lowest BCUT2D eigenvalue weighted by molar-refractivity contribution is 1.05. The Morgan fingerprint density at radius 1 is 1.67 bits per heavy atom. The average Bonchev–Trinajstić information content (AvgIpc) is 2.34. The van der Waals surface area contributed by atoms with Gasteiger partial charge in [0.1, 0.15) is 0 Å². The molecular weight excluding hydrogens is 110 g/mol. The second-order valence-corrected chi connectivity index (χ2v) is 2.34. The molecule has 0 unspecified atom stereocenters. The SMILES string of the molecule is CCC1=CC(CN)=CC1. The quantitative estimate of drug-likeness (QED) is 0.593. The maximum atomic E-state index is 5.44. The van der Waals surface area contributed by atoms with Gasteiger partial charge in [-0.05, 0) is 18.4 Å². The topological polar surface area (TPSA) is 26.0 Å². The summed E-state index contributed by atoms with van der Waals surface area (Å²) >= 11 is 0. The zero-order valence-electron chi connectivity index (χ0n) is 5.85. The Hall–Kier alpha value is -0.560. The van der Waals surface area contributed by atoms with Crippen LogP contribution in [0.15, 0.2) is 23.3 Å². The third kappa shape index (κ3) is 1.42. The Balaban J connectivity index is 2.52. The fraction of sp³-hybridized carbons (Fsp3) is 0.500. The molecule has 1 rings (SSSR count). The summed E-state index contributed by atoms with van der Waals surface area (Å²) in [6.07, 6.45) is 6.71. The molecule has 0 atom stereocenters. The molecule has 1 heteroatoms. The van der Waals surface area contributed by atoms with Crippen molar-refractivity contribution in [2.24, 2.45) is 5.73 Å². The monoisotopic (exact) mass is 123 g/mol. The van der Waals surface area contributed by atoms with Gasteiger partial charge in [-0.2, -0.15) is 0 Å². The van der Waals surface area contributed by atoms with Crippen molar-refractivity contribution in [2.45, 2.75) is 19.8 Å². The van der Waals surface area contributed by atoms with Crippen LogP contribution in [0.1, 0.15) is 19.8 Å². The first kappa shape index (κ1) is 6.56. The van der Waals surface area contributed by atoms with Crippen LogP contribution >= 0.6 is 0 Å². The number of hydrogen-bond donors (Lipinski definition) is 1. The van der Waals surface area contributed by atoms with Gasteiger partial charge in [0, 0.05) is 6.54 Å². The molecule has 0 aromatic heterocycles. The summed E-state index contributed by atoms with van der Waals surface area (Å²) in [7, 11) is 0. The molecular formula is C8H13N. The highest BCUT2D eigenvalue weighted by Gasteiger charge is 2.01. The van der Waals surface area contributed by atoms with Crippen molar-refractivity contribution in [3.63, 3.8) is 0 Å². The van der Waals surface area contributed by atoms with Crippen molar-refractivity contribution >= 4 is 0 Å². The largest absolute Gasteiger partial charge is 0.327 e. The summed E-state index contributed by atoms with van der Waals surface area (Å²) in [5.74, 6) is 0. The van der Waals surface area contributed by atoms with Crippen molar-refractivity contribution in [2.75, 3.05) is 6.54 Å². The number of nitrogens with two attached hydrogens (primary N) is 1. The van der Waals surface area contributed by atoms with Gasteiger partial charge in [-0.1, -0.05) is 24.6 Å². The van der Waals surface area contributed by atoms with Crippen molar-refractivity contribution < 1.29 is 0 Å². The normalized spacial score (nSPS) is 17.6. The fourth-order valence-electron chi connectivity index (χ4n) is 1.03. The van der Waals surface area contributed by atoms with Gasteiger partial charge in [-0.15, -0.1) is 0 Å². The second kappa shape index (κ2) is 2.83. The van der Waals surface area contributed by atoms with Crippen molar-refractivity contribution in [3.8, 4) is 0 Å². The molecule has 0 radical (unpaired) electrons. The maximum Gasteiger partial charge on any atom is 0.0175 e. The van der Waals surface area contributed by atoms with Crippen LogP contribution < -0.4 is 5.73 Å². The standard InChI is InChI=1S/C8H13N/c1-2-7-3-4-8(5-7)6-9/h4-5H,2-3,6,9H2,1H3. The summed E-state index contributed by atoms with van der Waals surface area (Å²) in [6.45, 7) is 2.88. The van der Waals surface area contributed by atoms with E-state index in [2.05, 4.69) is 19.1 Å².